The smallest absolute Gasteiger partial charge is 0.407 e. The number of likely N-dealkylation sites (tertiary alicyclic amines) is 1. The Morgan fingerprint density at radius 1 is 1.07 bits per heavy atom. The number of amides is 1. The highest BCUT2D eigenvalue weighted by Crippen LogP contribution is 2.39. The summed E-state index contributed by atoms with van der Waals surface area (Å²) in [6, 6.07) is 20.2. The van der Waals surface area contributed by atoms with Gasteiger partial charge in [0.15, 0.2) is 0 Å². The monoisotopic (exact) mass is 413 g/mol. The largest absolute Gasteiger partial charge is 0.465 e. The van der Waals surface area contributed by atoms with Crippen LogP contribution in [0.1, 0.15) is 34.1 Å². The van der Waals surface area contributed by atoms with E-state index < -0.39 is 26.6 Å². The van der Waals surface area contributed by atoms with E-state index in [1.165, 1.54) is 15.3 Å². The van der Waals surface area contributed by atoms with Crippen molar-refractivity contribution in [2.75, 3.05) is 6.54 Å². The number of carbonyl (C=O) groups is 1. The van der Waals surface area contributed by atoms with Crippen LogP contribution in [0.3, 0.4) is 0 Å². The first-order valence-corrected chi connectivity index (χ1v) is 12.0. The number of benzene rings is 2. The van der Waals surface area contributed by atoms with E-state index in [9.17, 15) is 15.0 Å². The normalized spacial score (nSPS) is 21.2. The third kappa shape index (κ3) is 4.10. The zero-order valence-electron chi connectivity index (χ0n) is 17.6. The predicted molar refractivity (Wildman–Crippen MR) is 117 cm³/mol. The Balaban J connectivity index is 2.09. The molecule has 1 saturated heterocycles. The molecule has 0 bridgehead atoms. The lowest BCUT2D eigenvalue weighted by atomic mass is 10.1. The molecule has 29 heavy (non-hydrogen) atoms. The molecule has 2 aromatic carbocycles. The van der Waals surface area contributed by atoms with Gasteiger partial charge < -0.3 is 19.5 Å². The van der Waals surface area contributed by atoms with Crippen molar-refractivity contribution >= 4 is 24.8 Å². The van der Waals surface area contributed by atoms with E-state index in [4.69, 9.17) is 4.43 Å². The van der Waals surface area contributed by atoms with Crippen molar-refractivity contribution in [3.8, 4) is 0 Å². The average Bonchev–Trinajstić information content (AvgIpc) is 3.11. The third-order valence-electron chi connectivity index (χ3n) is 5.87. The molecule has 1 heterocycles. The van der Waals surface area contributed by atoms with E-state index >= 15 is 0 Å². The fourth-order valence-electron chi connectivity index (χ4n) is 4.53. The number of aliphatic hydroxyl groups is 1. The Morgan fingerprint density at radius 2 is 1.55 bits per heavy atom. The zero-order valence-corrected chi connectivity index (χ0v) is 18.6. The summed E-state index contributed by atoms with van der Waals surface area (Å²) in [6.07, 6.45) is -1.52. The molecule has 0 radical (unpaired) electrons. The van der Waals surface area contributed by atoms with Gasteiger partial charge >= 0.3 is 6.09 Å². The summed E-state index contributed by atoms with van der Waals surface area (Å²) in [5.41, 5.74) is 0. The molecule has 0 saturated carbocycles. The van der Waals surface area contributed by atoms with Gasteiger partial charge in [0.05, 0.1) is 18.2 Å². The van der Waals surface area contributed by atoms with Crippen molar-refractivity contribution in [1.82, 2.24) is 4.90 Å². The fraction of sp³-hybridized carbons (Fsp3) is 0.435. The van der Waals surface area contributed by atoms with E-state index in [1.54, 1.807) is 6.92 Å². The Bertz CT molecular complexity index is 780. The number of carboxylic acid groups (broad SMARTS) is 1. The number of rotatable bonds is 5. The minimum atomic E-state index is -2.74. The van der Waals surface area contributed by atoms with Gasteiger partial charge in [0.2, 0.25) is 0 Å². The molecule has 1 fully saturated rings. The number of aliphatic hydroxyl groups excluding tert-OH is 1. The van der Waals surface area contributed by atoms with E-state index in [1.807, 2.05) is 36.4 Å². The van der Waals surface area contributed by atoms with Gasteiger partial charge in [-0.15, -0.1) is 0 Å². The molecule has 3 atom stereocenters. The molecule has 2 aromatic rings. The van der Waals surface area contributed by atoms with Crippen molar-refractivity contribution in [3.05, 3.63) is 60.7 Å². The molecule has 1 aliphatic rings. The van der Waals surface area contributed by atoms with E-state index in [0.29, 0.717) is 6.42 Å². The second-order valence-electron chi connectivity index (χ2n) is 8.88. The first-order chi connectivity index (χ1) is 13.7. The van der Waals surface area contributed by atoms with E-state index in [2.05, 4.69) is 45.0 Å². The van der Waals surface area contributed by atoms with Gasteiger partial charge in [-0.2, -0.15) is 0 Å². The predicted octanol–water partition coefficient (Wildman–Crippen LogP) is 3.06. The van der Waals surface area contributed by atoms with Crippen LogP contribution in [0.2, 0.25) is 5.04 Å². The molecule has 0 unspecified atom stereocenters. The molecular weight excluding hydrogens is 382 g/mol. The van der Waals surface area contributed by atoms with Gasteiger partial charge in [0, 0.05) is 6.54 Å². The van der Waals surface area contributed by atoms with Crippen molar-refractivity contribution in [3.63, 3.8) is 0 Å². The molecule has 0 aliphatic carbocycles. The Kier molecular flexibility index (Phi) is 6.17. The van der Waals surface area contributed by atoms with Gasteiger partial charge in [0.1, 0.15) is 0 Å². The lowest BCUT2D eigenvalue weighted by Gasteiger charge is -2.44. The molecule has 5 nitrogen and oxygen atoms in total. The second-order valence-corrected chi connectivity index (χ2v) is 13.1. The molecule has 2 N–H and O–H groups in total. The number of hydrogen-bond acceptors (Lipinski definition) is 3. The number of nitrogens with zero attached hydrogens (tertiary/aromatic N) is 1. The molecule has 0 aromatic heterocycles. The first-order valence-electron chi connectivity index (χ1n) is 10.1. The molecule has 0 spiro atoms. The van der Waals surface area contributed by atoms with Crippen LogP contribution >= 0.6 is 0 Å². The van der Waals surface area contributed by atoms with Crippen LogP contribution in [0.15, 0.2) is 60.7 Å². The van der Waals surface area contributed by atoms with Crippen molar-refractivity contribution in [2.45, 2.75) is 57.4 Å². The van der Waals surface area contributed by atoms with Gasteiger partial charge in [0.25, 0.3) is 8.32 Å². The maximum atomic E-state index is 11.7. The van der Waals surface area contributed by atoms with Crippen molar-refractivity contribution in [2.24, 2.45) is 0 Å². The Hall–Kier alpha value is -2.15. The fourth-order valence-corrected chi connectivity index (χ4v) is 9.22. The second kappa shape index (κ2) is 8.30. The van der Waals surface area contributed by atoms with Gasteiger partial charge in [-0.3, -0.25) is 0 Å². The third-order valence-corrected chi connectivity index (χ3v) is 11.0. The quantitative estimate of drug-likeness (QED) is 0.739. The van der Waals surface area contributed by atoms with Crippen LogP contribution < -0.4 is 10.4 Å². The highest BCUT2D eigenvalue weighted by atomic mass is 28.4. The summed E-state index contributed by atoms with van der Waals surface area (Å²) in [5.74, 6) is 0. The Labute approximate surface area is 174 Å². The van der Waals surface area contributed by atoms with Crippen LogP contribution in [0.4, 0.5) is 4.79 Å². The van der Waals surface area contributed by atoms with Crippen LogP contribution in [0.5, 0.6) is 0 Å². The summed E-state index contributed by atoms with van der Waals surface area (Å²) in [5, 5.41) is 21.9. The summed E-state index contributed by atoms with van der Waals surface area (Å²) in [6.45, 7) is 8.53. The topological polar surface area (TPSA) is 70.0 Å². The van der Waals surface area contributed by atoms with Crippen LogP contribution in [0, 0.1) is 0 Å². The standard InChI is InChI=1S/C23H31NO4Si/c1-17(25)21-15-18(16-24(21)22(26)27)28-29(23(2,3)4,19-11-7-5-8-12-19)20-13-9-6-10-14-20/h5-14,17-18,21,25H,15-16H2,1-4H3,(H,26,27)/t17-,18+,21+/m0/s1. The van der Waals surface area contributed by atoms with Gasteiger partial charge in [-0.1, -0.05) is 81.4 Å². The van der Waals surface area contributed by atoms with Crippen LogP contribution in [-0.4, -0.2) is 54.3 Å². The highest BCUT2D eigenvalue weighted by Gasteiger charge is 2.53. The maximum Gasteiger partial charge on any atom is 0.407 e. The summed E-state index contributed by atoms with van der Waals surface area (Å²) >= 11 is 0. The Morgan fingerprint density at radius 3 is 1.90 bits per heavy atom. The highest BCUT2D eigenvalue weighted by molar-refractivity contribution is 6.99. The van der Waals surface area contributed by atoms with E-state index in [-0.39, 0.29) is 17.7 Å². The summed E-state index contributed by atoms with van der Waals surface area (Å²) < 4.78 is 7.02. The van der Waals surface area contributed by atoms with Gasteiger partial charge in [-0.05, 0) is 28.8 Å². The molecule has 1 aliphatic heterocycles. The molecule has 6 heteroatoms. The average molecular weight is 414 g/mol. The van der Waals surface area contributed by atoms with Gasteiger partial charge in [-0.25, -0.2) is 4.79 Å². The molecule has 1 amide bonds. The van der Waals surface area contributed by atoms with E-state index in [0.717, 1.165) is 0 Å². The maximum absolute atomic E-state index is 11.7. The SMILES string of the molecule is C[C@H](O)[C@H]1C[C@@H](O[Si](c2ccccc2)(c2ccccc2)C(C)(C)C)CN1C(=O)O. The first kappa shape index (κ1) is 21.6. The molecule has 3 rings (SSSR count). The number of hydrogen-bond donors (Lipinski definition) is 2. The summed E-state index contributed by atoms with van der Waals surface area (Å²) in [7, 11) is -2.74. The summed E-state index contributed by atoms with van der Waals surface area (Å²) in [4.78, 5) is 13.1. The molecular formula is C23H31NO4Si. The lowest BCUT2D eigenvalue weighted by Crippen LogP contribution is -2.67. The minimum Gasteiger partial charge on any atom is -0.465 e. The van der Waals surface area contributed by atoms with Crippen molar-refractivity contribution < 1.29 is 19.4 Å². The lowest BCUT2D eigenvalue weighted by molar-refractivity contribution is 0.0782. The van der Waals surface area contributed by atoms with Crippen LogP contribution in [-0.2, 0) is 4.43 Å². The zero-order chi connectivity index (χ0) is 21.2. The van der Waals surface area contributed by atoms with Crippen molar-refractivity contribution in [1.29, 1.82) is 0 Å². The minimum absolute atomic E-state index is 0.174. The molecule has 156 valence electrons. The van der Waals surface area contributed by atoms with Crippen LogP contribution in [0.25, 0.3) is 0 Å².